The van der Waals surface area contributed by atoms with Crippen LogP contribution in [-0.4, -0.2) is 88.1 Å². The lowest BCUT2D eigenvalue weighted by Crippen LogP contribution is -2.59. The number of nitrogens with zero attached hydrogens (tertiary/aromatic N) is 2. The first-order chi connectivity index (χ1) is 33.7. The van der Waals surface area contributed by atoms with Gasteiger partial charge in [0.2, 0.25) is 17.7 Å². The second-order valence-electron chi connectivity index (χ2n) is 19.3. The summed E-state index contributed by atoms with van der Waals surface area (Å²) in [5, 5.41) is 21.7. The SMILES string of the molecule is Cc1ncsc1-c1ccc([C@H](CC(=O)NCCCCCCCCCCONC(=O)c2ccc(F)c(F)c2Nc2ccc(I)cc2F)NC(=O)[C@@H]2C[C@@H](O)CN2C(=O)C(NC(=O)C2(F)CC2)C(C)(C)C)cc1. The van der Waals surface area contributed by atoms with Gasteiger partial charge in [-0.3, -0.25) is 28.8 Å². The van der Waals surface area contributed by atoms with Crippen LogP contribution >= 0.6 is 33.9 Å². The maximum atomic E-state index is 14.7. The smallest absolute Gasteiger partial charge is 0.277 e. The molecule has 71 heavy (non-hydrogen) atoms. The number of alkyl halides is 1. The van der Waals surface area contributed by atoms with Crippen molar-refractivity contribution in [1.82, 2.24) is 31.3 Å². The predicted molar refractivity (Wildman–Crippen MR) is 270 cm³/mol. The predicted octanol–water partition coefficient (Wildman–Crippen LogP) is 9.02. The van der Waals surface area contributed by atoms with Crippen molar-refractivity contribution in [2.75, 3.05) is 25.0 Å². The van der Waals surface area contributed by atoms with Crippen molar-refractivity contribution in [2.24, 2.45) is 5.41 Å². The lowest BCUT2D eigenvalue weighted by Gasteiger charge is -2.36. The highest BCUT2D eigenvalue weighted by Crippen LogP contribution is 2.41. The van der Waals surface area contributed by atoms with Crippen LogP contribution in [0.5, 0.6) is 0 Å². The highest BCUT2D eigenvalue weighted by atomic mass is 127. The zero-order chi connectivity index (χ0) is 51.5. The number of carbonyl (C=O) groups is 5. The third kappa shape index (κ3) is 15.2. The van der Waals surface area contributed by atoms with Gasteiger partial charge in [-0.1, -0.05) is 83.6 Å². The highest BCUT2D eigenvalue weighted by molar-refractivity contribution is 14.1. The van der Waals surface area contributed by atoms with Crippen LogP contribution in [-0.2, 0) is 24.0 Å². The van der Waals surface area contributed by atoms with Gasteiger partial charge in [-0.2, -0.15) is 0 Å². The molecule has 6 N–H and O–H groups in total. The van der Waals surface area contributed by atoms with Crippen LogP contribution < -0.4 is 26.7 Å². The van der Waals surface area contributed by atoms with Gasteiger partial charge in [0.15, 0.2) is 17.3 Å². The number of hydrogen-bond donors (Lipinski definition) is 6. The Hall–Kier alpha value is -5.19. The van der Waals surface area contributed by atoms with Gasteiger partial charge in [-0.25, -0.2) is 28.0 Å². The summed E-state index contributed by atoms with van der Waals surface area (Å²) in [6, 6.07) is 10.5. The van der Waals surface area contributed by atoms with Crippen molar-refractivity contribution < 1.29 is 51.5 Å². The van der Waals surface area contributed by atoms with Gasteiger partial charge in [0.25, 0.3) is 11.8 Å². The Bertz CT molecular complexity index is 2520. The molecule has 20 heteroatoms. The van der Waals surface area contributed by atoms with Gasteiger partial charge >= 0.3 is 0 Å². The van der Waals surface area contributed by atoms with E-state index < -0.39 is 82.1 Å². The number of likely N-dealkylation sites (tertiary alicyclic amines) is 1. The van der Waals surface area contributed by atoms with Crippen LogP contribution in [0.4, 0.5) is 28.9 Å². The normalized spacial score (nSPS) is 17.0. The Morgan fingerprint density at radius 2 is 1.59 bits per heavy atom. The zero-order valence-corrected chi connectivity index (χ0v) is 43.3. The molecule has 1 aliphatic heterocycles. The molecule has 0 bridgehead atoms. The standard InChI is InChI=1S/C51H62F4IN7O7S/c1-30-44(71-29-58-30)32-15-13-31(14-16-32)39(60-47(67)40-26-34(64)28-63(40)48(68)45(50(2,3)4)61-49(69)51(55)21-22-51)27-41(65)57-23-11-9-7-5-6-8-10-12-24-70-62-46(66)35-18-19-36(52)42(54)43(35)59-38-20-17-33(56)25-37(38)53/h13-20,25,29,34,39-40,45,59,64H,5-12,21-24,26-28H2,1-4H3,(H,57,65)(H,60,67)(H,61,69)(H,62,66)/t34-,39+,40+,45?/m1/s1. The molecule has 1 aliphatic carbocycles. The fraction of sp³-hybridized carbons (Fsp3) is 0.490. The topological polar surface area (TPSA) is 191 Å². The van der Waals surface area contributed by atoms with Gasteiger partial charge in [0.05, 0.1) is 58.2 Å². The number of aliphatic hydroxyl groups excluding tert-OH is 1. The molecule has 1 unspecified atom stereocenters. The summed E-state index contributed by atoms with van der Waals surface area (Å²) in [6.45, 7) is 7.57. The van der Waals surface area contributed by atoms with E-state index >= 15 is 0 Å². The number of rotatable bonds is 24. The van der Waals surface area contributed by atoms with Gasteiger partial charge in [0.1, 0.15) is 17.9 Å². The van der Waals surface area contributed by atoms with E-state index in [4.69, 9.17) is 4.84 Å². The fourth-order valence-electron chi connectivity index (χ4n) is 8.29. The number of aryl methyl sites for hydroxylation is 1. The molecule has 5 amide bonds. The number of hydroxylamine groups is 1. The number of aromatic nitrogens is 1. The second-order valence-corrected chi connectivity index (χ2v) is 21.4. The monoisotopic (exact) mass is 1120 g/mol. The molecule has 3 aromatic carbocycles. The first kappa shape index (κ1) is 55.1. The minimum atomic E-state index is -2.02. The summed E-state index contributed by atoms with van der Waals surface area (Å²) in [5.74, 6) is -6.38. The summed E-state index contributed by atoms with van der Waals surface area (Å²) >= 11 is 3.41. The van der Waals surface area contributed by atoms with Crippen molar-refractivity contribution in [3.8, 4) is 10.4 Å². The number of β-amino-alcohol motifs (C(OH)–C–C–N with tert-alkyl or cyclic N) is 1. The van der Waals surface area contributed by atoms with Crippen LogP contribution in [0.1, 0.15) is 125 Å². The van der Waals surface area contributed by atoms with E-state index in [1.165, 1.54) is 28.4 Å². The average Bonchev–Trinajstić information content (AvgIpc) is 3.73. The minimum absolute atomic E-state index is 0.0591. The van der Waals surface area contributed by atoms with Crippen molar-refractivity contribution in [1.29, 1.82) is 0 Å². The van der Waals surface area contributed by atoms with E-state index in [2.05, 4.69) is 31.7 Å². The van der Waals surface area contributed by atoms with E-state index in [0.717, 1.165) is 73.2 Å². The zero-order valence-electron chi connectivity index (χ0n) is 40.3. The number of carbonyl (C=O) groups excluding carboxylic acids is 5. The Morgan fingerprint density at radius 3 is 2.23 bits per heavy atom. The molecular formula is C51H62F4IN7O7S. The van der Waals surface area contributed by atoms with Crippen LogP contribution in [0.25, 0.3) is 10.4 Å². The molecule has 384 valence electrons. The van der Waals surface area contributed by atoms with Gasteiger partial charge in [0, 0.05) is 23.1 Å². The molecule has 0 radical (unpaired) electrons. The number of nitrogens with one attached hydrogen (secondary N) is 5. The molecule has 6 rings (SSSR count). The van der Waals surface area contributed by atoms with Crippen LogP contribution in [0.3, 0.4) is 0 Å². The van der Waals surface area contributed by atoms with Gasteiger partial charge in [-0.05, 0) is 102 Å². The summed E-state index contributed by atoms with van der Waals surface area (Å²) < 4.78 is 58.5. The van der Waals surface area contributed by atoms with E-state index in [9.17, 15) is 46.6 Å². The number of unbranched alkanes of at least 4 members (excludes halogenated alkanes) is 7. The maximum absolute atomic E-state index is 14.7. The van der Waals surface area contributed by atoms with Gasteiger partial charge in [-0.15, -0.1) is 11.3 Å². The summed E-state index contributed by atoms with van der Waals surface area (Å²) in [5.41, 5.74) is 2.72. The number of benzene rings is 3. The van der Waals surface area contributed by atoms with E-state index in [0.29, 0.717) is 22.1 Å². The quantitative estimate of drug-likeness (QED) is 0.0172. The molecular weight excluding hydrogens is 1060 g/mol. The van der Waals surface area contributed by atoms with Crippen molar-refractivity contribution >= 4 is 74.8 Å². The first-order valence-corrected chi connectivity index (χ1v) is 25.9. The van der Waals surface area contributed by atoms with Gasteiger partial charge < -0.3 is 31.3 Å². The minimum Gasteiger partial charge on any atom is -0.391 e. The maximum Gasteiger partial charge on any atom is 0.277 e. The molecule has 2 aliphatic rings. The number of anilines is 2. The Morgan fingerprint density at radius 1 is 0.915 bits per heavy atom. The summed E-state index contributed by atoms with van der Waals surface area (Å²) in [7, 11) is 0. The van der Waals surface area contributed by atoms with Crippen LogP contribution in [0.2, 0.25) is 0 Å². The Kier molecular flexibility index (Phi) is 19.4. The number of hydrogen-bond acceptors (Lipinski definition) is 10. The molecule has 0 spiro atoms. The van der Waals surface area contributed by atoms with E-state index in [1.54, 1.807) is 32.3 Å². The second kappa shape index (κ2) is 25.0. The first-order valence-electron chi connectivity index (χ1n) is 23.9. The summed E-state index contributed by atoms with van der Waals surface area (Å²) in [6.07, 6.45) is 5.85. The average molecular weight is 1120 g/mol. The highest BCUT2D eigenvalue weighted by Gasteiger charge is 2.53. The van der Waals surface area contributed by atoms with Crippen molar-refractivity contribution in [3.05, 3.63) is 98.0 Å². The van der Waals surface area contributed by atoms with Crippen molar-refractivity contribution in [2.45, 2.75) is 135 Å². The number of amides is 5. The fourth-order valence-corrected chi connectivity index (χ4v) is 9.55. The lowest BCUT2D eigenvalue weighted by molar-refractivity contribution is -0.145. The molecule has 4 atom stereocenters. The number of aliphatic hydroxyl groups is 1. The van der Waals surface area contributed by atoms with Crippen LogP contribution in [0.15, 0.2) is 60.1 Å². The van der Waals surface area contributed by atoms with E-state index in [1.807, 2.05) is 53.8 Å². The summed E-state index contributed by atoms with van der Waals surface area (Å²) in [4.78, 5) is 79.1. The molecule has 2 heterocycles. The molecule has 1 saturated heterocycles. The third-order valence-electron chi connectivity index (χ3n) is 12.6. The molecule has 14 nitrogen and oxygen atoms in total. The third-order valence-corrected chi connectivity index (χ3v) is 14.2. The Labute approximate surface area is 429 Å². The van der Waals surface area contributed by atoms with Crippen molar-refractivity contribution in [3.63, 3.8) is 0 Å². The molecule has 4 aromatic rings. The molecule has 1 aromatic heterocycles. The number of halogens is 5. The lowest BCUT2D eigenvalue weighted by atomic mass is 9.85. The molecule has 1 saturated carbocycles. The Balaban J connectivity index is 0.928. The van der Waals surface area contributed by atoms with Crippen LogP contribution in [0, 0.1) is 33.4 Å². The molecule has 2 fully saturated rings. The number of thiazole rings is 1. The van der Waals surface area contributed by atoms with E-state index in [-0.39, 0.29) is 56.0 Å². The largest absolute Gasteiger partial charge is 0.391 e.